The molecule has 0 aliphatic carbocycles. The van der Waals surface area contributed by atoms with Crippen molar-refractivity contribution in [1.29, 1.82) is 0 Å². The number of Topliss-reactive ketones (excluding diaryl/α,β-unsaturated/α-hetero) is 1. The molecule has 1 heterocycles. The molecule has 3 rings (SSSR count). The third-order valence-electron chi connectivity index (χ3n) is 5.52. The van der Waals surface area contributed by atoms with Crippen LogP contribution in [0.4, 0.5) is 4.39 Å². The van der Waals surface area contributed by atoms with Gasteiger partial charge in [-0.2, -0.15) is 0 Å². The second kappa shape index (κ2) is 10.9. The number of hydrogen-bond acceptors (Lipinski definition) is 4. The van der Waals surface area contributed by atoms with E-state index in [4.69, 9.17) is 16.3 Å². The predicted molar refractivity (Wildman–Crippen MR) is 119 cm³/mol. The molecule has 1 aliphatic heterocycles. The summed E-state index contributed by atoms with van der Waals surface area (Å²) >= 11 is 6.22. The molecule has 0 spiro atoms. The fourth-order valence-electron chi connectivity index (χ4n) is 3.98. The highest BCUT2D eigenvalue weighted by Crippen LogP contribution is 2.36. The lowest BCUT2D eigenvalue weighted by molar-refractivity contribution is -0.120. The number of nitrogens with one attached hydrogen (secondary N) is 2. The molecule has 1 fully saturated rings. The summed E-state index contributed by atoms with van der Waals surface area (Å²) in [6.45, 7) is 5.88. The van der Waals surface area contributed by atoms with Crippen LogP contribution in [0.15, 0.2) is 42.5 Å². The smallest absolute Gasteiger partial charge is 0.181 e. The molecule has 0 radical (unpaired) electrons. The number of ether oxygens (including phenoxy) is 1. The molecule has 1 saturated heterocycles. The van der Waals surface area contributed by atoms with Gasteiger partial charge in [0.2, 0.25) is 0 Å². The third-order valence-corrected chi connectivity index (χ3v) is 5.82. The van der Waals surface area contributed by atoms with Crippen molar-refractivity contribution in [2.24, 2.45) is 5.92 Å². The minimum Gasteiger partial charge on any atom is -0.453 e. The zero-order valence-corrected chi connectivity index (χ0v) is 18.3. The van der Waals surface area contributed by atoms with E-state index in [2.05, 4.69) is 10.6 Å². The van der Waals surface area contributed by atoms with E-state index in [9.17, 15) is 4.79 Å². The Balaban J connectivity index is 1.67. The predicted octanol–water partition coefficient (Wildman–Crippen LogP) is 5.66. The number of carbonyl (C=O) groups is 1. The summed E-state index contributed by atoms with van der Waals surface area (Å²) in [5, 5.41) is 6.94. The molecule has 3 atom stereocenters. The number of carbonyl (C=O) groups excluding carboxylic acids is 1. The first-order chi connectivity index (χ1) is 14.5. The van der Waals surface area contributed by atoms with Crippen LogP contribution in [0, 0.1) is 11.7 Å². The van der Waals surface area contributed by atoms with Gasteiger partial charge in [-0.3, -0.25) is 4.79 Å². The fraction of sp³-hybridized carbons (Fsp3) is 0.458. The fourth-order valence-corrected chi connectivity index (χ4v) is 4.17. The van der Waals surface area contributed by atoms with Gasteiger partial charge >= 0.3 is 0 Å². The Labute approximate surface area is 183 Å². The van der Waals surface area contributed by atoms with E-state index in [0.717, 1.165) is 19.5 Å². The van der Waals surface area contributed by atoms with Crippen molar-refractivity contribution in [3.8, 4) is 11.5 Å². The van der Waals surface area contributed by atoms with Crippen LogP contribution in [0.3, 0.4) is 0 Å². The average molecular weight is 433 g/mol. The first-order valence-electron chi connectivity index (χ1n) is 10.7. The van der Waals surface area contributed by atoms with Gasteiger partial charge in [-0.15, -0.1) is 0 Å². The summed E-state index contributed by atoms with van der Waals surface area (Å²) in [7, 11) is 0. The second-order valence-corrected chi connectivity index (χ2v) is 8.44. The Morgan fingerprint density at radius 2 is 2.07 bits per heavy atom. The van der Waals surface area contributed by atoms with E-state index < -0.39 is 5.82 Å². The van der Waals surface area contributed by atoms with Crippen LogP contribution in [0.2, 0.25) is 5.02 Å². The van der Waals surface area contributed by atoms with Gasteiger partial charge in [-0.1, -0.05) is 42.8 Å². The van der Waals surface area contributed by atoms with Crippen molar-refractivity contribution in [2.45, 2.75) is 51.6 Å². The monoisotopic (exact) mass is 432 g/mol. The van der Waals surface area contributed by atoms with Crippen molar-refractivity contribution in [2.75, 3.05) is 13.1 Å². The number of rotatable bonds is 10. The Kier molecular flexibility index (Phi) is 8.25. The lowest BCUT2D eigenvalue weighted by Gasteiger charge is -2.24. The minimum atomic E-state index is -0.471. The van der Waals surface area contributed by atoms with Crippen LogP contribution in [0.5, 0.6) is 11.5 Å². The highest BCUT2D eigenvalue weighted by Gasteiger charge is 2.24. The largest absolute Gasteiger partial charge is 0.453 e. The highest BCUT2D eigenvalue weighted by atomic mass is 35.5. The first-order valence-corrected chi connectivity index (χ1v) is 11.0. The average Bonchev–Trinajstić information content (AvgIpc) is 3.23. The highest BCUT2D eigenvalue weighted by molar-refractivity contribution is 6.32. The van der Waals surface area contributed by atoms with Crippen molar-refractivity contribution >= 4 is 17.4 Å². The zero-order chi connectivity index (χ0) is 21.5. The van der Waals surface area contributed by atoms with Gasteiger partial charge in [0.15, 0.2) is 11.6 Å². The first kappa shape index (κ1) is 22.7. The second-order valence-electron chi connectivity index (χ2n) is 8.03. The molecular weight excluding hydrogens is 403 g/mol. The topological polar surface area (TPSA) is 50.4 Å². The summed E-state index contributed by atoms with van der Waals surface area (Å²) in [6.07, 6.45) is 2.79. The van der Waals surface area contributed by atoms with Crippen molar-refractivity contribution in [3.05, 3.63) is 58.9 Å². The van der Waals surface area contributed by atoms with E-state index in [-0.39, 0.29) is 28.6 Å². The zero-order valence-electron chi connectivity index (χ0n) is 17.6. The Hall–Kier alpha value is -1.95. The summed E-state index contributed by atoms with van der Waals surface area (Å²) in [5.74, 6) is 0.775. The lowest BCUT2D eigenvalue weighted by Crippen LogP contribution is -2.33. The van der Waals surface area contributed by atoms with Crippen LogP contribution in [-0.4, -0.2) is 24.9 Å². The summed E-state index contributed by atoms with van der Waals surface area (Å²) in [5.41, 5.74) is 0.493. The molecule has 0 aromatic heterocycles. The Morgan fingerprint density at radius 3 is 2.73 bits per heavy atom. The maximum absolute atomic E-state index is 15.3. The summed E-state index contributed by atoms with van der Waals surface area (Å²) < 4.78 is 21.0. The normalized spacial score (nSPS) is 18.2. The standard InChI is InChI=1S/C24H30ClFN2O2/c1-3-22(28-16(2)13-18(29)14-17-11-12-27-15-17)20-9-10-21(25)24(23(20)26)30-19-7-5-4-6-8-19/h4-10,16-17,22,27-28H,3,11-15H2,1-2H3/t16-,17+,22+/m0/s1. The maximum Gasteiger partial charge on any atom is 0.181 e. The van der Waals surface area contributed by atoms with E-state index >= 15 is 4.39 Å². The number of halogens is 2. The molecular formula is C24H30ClFN2O2. The lowest BCUT2D eigenvalue weighted by atomic mass is 9.97. The van der Waals surface area contributed by atoms with Crippen LogP contribution in [0.1, 0.15) is 51.1 Å². The molecule has 1 aliphatic rings. The van der Waals surface area contributed by atoms with Gasteiger partial charge in [0.25, 0.3) is 0 Å². The molecule has 6 heteroatoms. The van der Waals surface area contributed by atoms with Crippen molar-refractivity contribution in [3.63, 3.8) is 0 Å². The van der Waals surface area contributed by atoms with E-state index in [1.54, 1.807) is 24.3 Å². The van der Waals surface area contributed by atoms with Gasteiger partial charge in [-0.25, -0.2) is 4.39 Å². The molecule has 2 aromatic rings. The van der Waals surface area contributed by atoms with Gasteiger partial charge in [0.1, 0.15) is 11.5 Å². The quantitative estimate of drug-likeness (QED) is 0.508. The number of benzene rings is 2. The Bertz CT molecular complexity index is 841. The molecule has 30 heavy (non-hydrogen) atoms. The van der Waals surface area contributed by atoms with Crippen LogP contribution < -0.4 is 15.4 Å². The van der Waals surface area contributed by atoms with Crippen molar-refractivity contribution < 1.29 is 13.9 Å². The number of hydrogen-bond donors (Lipinski definition) is 2. The molecule has 2 N–H and O–H groups in total. The molecule has 4 nitrogen and oxygen atoms in total. The summed E-state index contributed by atoms with van der Waals surface area (Å²) in [6, 6.07) is 12.1. The van der Waals surface area contributed by atoms with Gasteiger partial charge in [-0.05, 0) is 57.0 Å². The Morgan fingerprint density at radius 1 is 1.30 bits per heavy atom. The third kappa shape index (κ3) is 6.03. The van der Waals surface area contributed by atoms with E-state index in [1.807, 2.05) is 32.0 Å². The molecule has 0 amide bonds. The van der Waals surface area contributed by atoms with Gasteiger partial charge in [0.05, 0.1) is 5.02 Å². The van der Waals surface area contributed by atoms with Crippen LogP contribution in [0.25, 0.3) is 0 Å². The maximum atomic E-state index is 15.3. The van der Waals surface area contributed by atoms with Crippen LogP contribution in [-0.2, 0) is 4.79 Å². The van der Waals surface area contributed by atoms with Gasteiger partial charge < -0.3 is 15.4 Å². The van der Waals surface area contributed by atoms with Gasteiger partial charge in [0, 0.05) is 30.5 Å². The molecule has 2 aromatic carbocycles. The SMILES string of the molecule is CC[C@@H](N[C@@H](C)CC(=O)C[C@H]1CCNC1)c1ccc(Cl)c(Oc2ccccc2)c1F. The molecule has 0 saturated carbocycles. The molecule has 0 bridgehead atoms. The molecule has 162 valence electrons. The van der Waals surface area contributed by atoms with Crippen molar-refractivity contribution in [1.82, 2.24) is 10.6 Å². The number of para-hydroxylation sites is 1. The molecule has 0 unspecified atom stereocenters. The minimum absolute atomic E-state index is 0.0260. The van der Waals surface area contributed by atoms with E-state index in [0.29, 0.717) is 36.5 Å². The summed E-state index contributed by atoms with van der Waals surface area (Å²) in [4.78, 5) is 12.4. The van der Waals surface area contributed by atoms with E-state index in [1.165, 1.54) is 0 Å². The van der Waals surface area contributed by atoms with Crippen LogP contribution >= 0.6 is 11.6 Å². The number of ketones is 1.